The van der Waals surface area contributed by atoms with Gasteiger partial charge in [-0.2, -0.15) is 0 Å². The summed E-state index contributed by atoms with van der Waals surface area (Å²) >= 11 is 0. The van der Waals surface area contributed by atoms with E-state index in [4.69, 9.17) is 14.2 Å². The average Bonchev–Trinajstić information content (AvgIpc) is 3.08. The molecule has 0 saturated heterocycles. The number of hydrogen-bond acceptors (Lipinski definition) is 5. The summed E-state index contributed by atoms with van der Waals surface area (Å²) in [5, 5.41) is 0. The van der Waals surface area contributed by atoms with Gasteiger partial charge in [0.25, 0.3) is 0 Å². The highest BCUT2D eigenvalue weighted by atomic mass is 16.6. The van der Waals surface area contributed by atoms with Crippen molar-refractivity contribution in [2.75, 3.05) is 13.2 Å². The molecule has 0 amide bonds. The van der Waals surface area contributed by atoms with Crippen molar-refractivity contribution in [2.24, 2.45) is 4.99 Å². The number of carbonyl (C=O) groups excluding carboxylic acids is 1. The molecule has 0 aliphatic carbocycles. The first-order valence-corrected chi connectivity index (χ1v) is 10.0. The zero-order chi connectivity index (χ0) is 21.7. The highest BCUT2D eigenvalue weighted by Crippen LogP contribution is 2.30. The molecule has 0 bridgehead atoms. The van der Waals surface area contributed by atoms with Gasteiger partial charge >= 0.3 is 5.97 Å². The Hall–Kier alpha value is -3.34. The van der Waals surface area contributed by atoms with Gasteiger partial charge in [0.1, 0.15) is 6.61 Å². The van der Waals surface area contributed by atoms with Gasteiger partial charge in [-0.25, -0.2) is 9.79 Å². The molecule has 1 aliphatic heterocycles. The quantitative estimate of drug-likeness (QED) is 0.330. The molecule has 0 fully saturated rings. The fourth-order valence-corrected chi connectivity index (χ4v) is 2.90. The highest BCUT2D eigenvalue weighted by Gasteiger charge is 2.24. The monoisotopic (exact) mass is 405 g/mol. The van der Waals surface area contributed by atoms with Crippen LogP contribution in [0.15, 0.2) is 65.3 Å². The van der Waals surface area contributed by atoms with Crippen LogP contribution >= 0.6 is 0 Å². The van der Waals surface area contributed by atoms with E-state index in [2.05, 4.69) is 25.4 Å². The van der Waals surface area contributed by atoms with Gasteiger partial charge in [0, 0.05) is 5.56 Å². The third kappa shape index (κ3) is 5.17. The molecule has 0 unspecified atom stereocenters. The predicted molar refractivity (Wildman–Crippen MR) is 119 cm³/mol. The number of ether oxygens (including phenoxy) is 3. The van der Waals surface area contributed by atoms with Gasteiger partial charge in [-0.1, -0.05) is 38.6 Å². The summed E-state index contributed by atoms with van der Waals surface area (Å²) in [5.74, 6) is 1.51. The van der Waals surface area contributed by atoms with E-state index in [1.165, 1.54) is 5.56 Å². The standard InChI is InChI=1S/C25H27NO4/c1-6-28-23-14-18(7-12-22(23)29-15-16(2)3)13-21-25(27)30-24(26-21)20-10-8-19(9-11-20)17(4)5/h7-14,17H,2,6,15H2,1,3-5H3/b21-13-. The number of nitrogens with zero attached hydrogens (tertiary/aromatic N) is 1. The number of aliphatic imine (C=N–C) groups is 1. The summed E-state index contributed by atoms with van der Waals surface area (Å²) in [4.78, 5) is 16.7. The van der Waals surface area contributed by atoms with Crippen LogP contribution in [0.5, 0.6) is 11.5 Å². The molecule has 2 aromatic carbocycles. The fraction of sp³-hybridized carbons (Fsp3) is 0.280. The Morgan fingerprint density at radius 1 is 1.13 bits per heavy atom. The van der Waals surface area contributed by atoms with Crippen LogP contribution in [-0.2, 0) is 9.53 Å². The summed E-state index contributed by atoms with van der Waals surface area (Å²) < 4.78 is 16.8. The molecule has 30 heavy (non-hydrogen) atoms. The third-order valence-corrected chi connectivity index (χ3v) is 4.49. The Bertz CT molecular complexity index is 1000. The second kappa shape index (κ2) is 9.44. The van der Waals surface area contributed by atoms with Crippen molar-refractivity contribution in [3.63, 3.8) is 0 Å². The first-order chi connectivity index (χ1) is 14.4. The second-order valence-electron chi connectivity index (χ2n) is 7.50. The van der Waals surface area contributed by atoms with E-state index in [0.29, 0.717) is 36.5 Å². The van der Waals surface area contributed by atoms with E-state index in [0.717, 1.165) is 16.7 Å². The van der Waals surface area contributed by atoms with Crippen LogP contribution in [0.25, 0.3) is 6.08 Å². The summed E-state index contributed by atoms with van der Waals surface area (Å²) in [6, 6.07) is 13.4. The van der Waals surface area contributed by atoms with Gasteiger partial charge < -0.3 is 14.2 Å². The largest absolute Gasteiger partial charge is 0.490 e. The van der Waals surface area contributed by atoms with Crippen LogP contribution in [0.1, 0.15) is 50.3 Å². The molecule has 156 valence electrons. The van der Waals surface area contributed by atoms with Gasteiger partial charge in [-0.05, 0) is 66.8 Å². The number of esters is 1. The molecule has 2 aromatic rings. The van der Waals surface area contributed by atoms with E-state index < -0.39 is 5.97 Å². The van der Waals surface area contributed by atoms with Crippen LogP contribution < -0.4 is 9.47 Å². The van der Waals surface area contributed by atoms with Crippen LogP contribution in [-0.4, -0.2) is 25.1 Å². The normalized spacial score (nSPS) is 14.6. The van der Waals surface area contributed by atoms with Crippen molar-refractivity contribution in [1.82, 2.24) is 0 Å². The van der Waals surface area contributed by atoms with Crippen molar-refractivity contribution in [1.29, 1.82) is 0 Å². The Morgan fingerprint density at radius 3 is 2.50 bits per heavy atom. The lowest BCUT2D eigenvalue weighted by Gasteiger charge is -2.12. The van der Waals surface area contributed by atoms with Gasteiger partial charge in [0.05, 0.1) is 6.61 Å². The Kier molecular flexibility index (Phi) is 6.72. The molecule has 1 heterocycles. The van der Waals surface area contributed by atoms with Crippen LogP contribution in [0.4, 0.5) is 0 Å². The minimum Gasteiger partial charge on any atom is -0.490 e. The van der Waals surface area contributed by atoms with Crippen molar-refractivity contribution < 1.29 is 19.0 Å². The Balaban J connectivity index is 1.85. The van der Waals surface area contributed by atoms with Gasteiger partial charge in [0.2, 0.25) is 5.90 Å². The number of cyclic esters (lactones) is 1. The van der Waals surface area contributed by atoms with E-state index in [1.54, 1.807) is 6.08 Å². The lowest BCUT2D eigenvalue weighted by molar-refractivity contribution is -0.129. The van der Waals surface area contributed by atoms with Crippen molar-refractivity contribution in [2.45, 2.75) is 33.6 Å². The fourth-order valence-electron chi connectivity index (χ4n) is 2.90. The van der Waals surface area contributed by atoms with Gasteiger partial charge in [0.15, 0.2) is 17.2 Å². The first kappa shape index (κ1) is 21.4. The minimum atomic E-state index is -0.474. The van der Waals surface area contributed by atoms with E-state index in [1.807, 2.05) is 56.3 Å². The van der Waals surface area contributed by atoms with E-state index in [9.17, 15) is 4.79 Å². The first-order valence-electron chi connectivity index (χ1n) is 10.0. The lowest BCUT2D eigenvalue weighted by Crippen LogP contribution is -2.05. The van der Waals surface area contributed by atoms with Crippen molar-refractivity contribution in [3.05, 3.63) is 77.0 Å². The zero-order valence-corrected chi connectivity index (χ0v) is 17.9. The maximum absolute atomic E-state index is 12.3. The van der Waals surface area contributed by atoms with Crippen molar-refractivity contribution in [3.8, 4) is 11.5 Å². The maximum Gasteiger partial charge on any atom is 0.363 e. The van der Waals surface area contributed by atoms with Crippen molar-refractivity contribution >= 4 is 17.9 Å². The number of carbonyl (C=O) groups is 1. The Labute approximate surface area is 177 Å². The molecule has 3 rings (SSSR count). The van der Waals surface area contributed by atoms with Crippen LogP contribution in [0.3, 0.4) is 0 Å². The molecular weight excluding hydrogens is 378 g/mol. The van der Waals surface area contributed by atoms with Crippen LogP contribution in [0.2, 0.25) is 0 Å². The summed E-state index contributed by atoms with van der Waals surface area (Å²) in [7, 11) is 0. The maximum atomic E-state index is 12.3. The Morgan fingerprint density at radius 2 is 1.87 bits per heavy atom. The molecule has 0 N–H and O–H groups in total. The van der Waals surface area contributed by atoms with Crippen LogP contribution in [0, 0.1) is 0 Å². The summed E-state index contributed by atoms with van der Waals surface area (Å²) in [6.07, 6.45) is 1.68. The topological polar surface area (TPSA) is 57.1 Å². The third-order valence-electron chi connectivity index (χ3n) is 4.49. The van der Waals surface area contributed by atoms with Gasteiger partial charge in [-0.15, -0.1) is 0 Å². The molecule has 0 aromatic heterocycles. The summed E-state index contributed by atoms with van der Waals surface area (Å²) in [6.45, 7) is 12.8. The molecule has 0 atom stereocenters. The smallest absolute Gasteiger partial charge is 0.363 e. The van der Waals surface area contributed by atoms with E-state index >= 15 is 0 Å². The minimum absolute atomic E-state index is 0.246. The molecule has 5 heteroatoms. The lowest BCUT2D eigenvalue weighted by atomic mass is 10.0. The van der Waals surface area contributed by atoms with Gasteiger partial charge in [-0.3, -0.25) is 0 Å². The predicted octanol–water partition coefficient (Wildman–Crippen LogP) is 5.51. The molecule has 5 nitrogen and oxygen atoms in total. The summed E-state index contributed by atoms with van der Waals surface area (Å²) in [5.41, 5.74) is 3.93. The van der Waals surface area contributed by atoms with E-state index in [-0.39, 0.29) is 5.70 Å². The number of benzene rings is 2. The average molecular weight is 405 g/mol. The molecule has 0 spiro atoms. The molecule has 0 radical (unpaired) electrons. The molecule has 1 aliphatic rings. The molecular formula is C25H27NO4. The second-order valence-corrected chi connectivity index (χ2v) is 7.50. The SMILES string of the molecule is C=C(C)COc1ccc(/C=C2\N=C(c3ccc(C(C)C)cc3)OC2=O)cc1OCC. The number of hydrogen-bond donors (Lipinski definition) is 0. The molecule has 0 saturated carbocycles. The number of rotatable bonds is 8. The highest BCUT2D eigenvalue weighted by molar-refractivity contribution is 6.12. The zero-order valence-electron chi connectivity index (χ0n) is 17.9.